The van der Waals surface area contributed by atoms with Crippen molar-refractivity contribution in [2.45, 2.75) is 49.9 Å². The summed E-state index contributed by atoms with van der Waals surface area (Å²) in [6.45, 7) is 3.16. The second kappa shape index (κ2) is 8.13. The average molecular weight is 443 g/mol. The summed E-state index contributed by atoms with van der Waals surface area (Å²) in [5.74, 6) is -0.270. The van der Waals surface area contributed by atoms with Crippen molar-refractivity contribution in [3.05, 3.63) is 48.2 Å². The van der Waals surface area contributed by atoms with Crippen molar-refractivity contribution in [3.8, 4) is 0 Å². The first kappa shape index (κ1) is 21.9. The normalized spacial score (nSPS) is 19.6. The Morgan fingerprint density at radius 3 is 2.43 bits per heavy atom. The molecule has 1 aliphatic heterocycles. The number of anilines is 2. The summed E-state index contributed by atoms with van der Waals surface area (Å²) in [4.78, 5) is 16.7. The van der Waals surface area contributed by atoms with Crippen molar-refractivity contribution >= 4 is 27.6 Å². The van der Waals surface area contributed by atoms with E-state index in [-0.39, 0.29) is 16.4 Å². The van der Waals surface area contributed by atoms with E-state index in [1.54, 1.807) is 12.1 Å². The van der Waals surface area contributed by atoms with Crippen molar-refractivity contribution in [2.24, 2.45) is 0 Å². The Morgan fingerprint density at radius 2 is 1.87 bits per heavy atom. The third-order valence-electron chi connectivity index (χ3n) is 4.62. The van der Waals surface area contributed by atoms with Crippen LogP contribution in [-0.2, 0) is 21.2 Å². The van der Waals surface area contributed by atoms with Gasteiger partial charge in [-0.1, -0.05) is 25.5 Å². The molecule has 3 rings (SSSR count). The van der Waals surface area contributed by atoms with Crippen LogP contribution in [0.5, 0.6) is 0 Å². The molecule has 11 heteroatoms. The van der Waals surface area contributed by atoms with Crippen molar-refractivity contribution in [1.29, 1.82) is 0 Å². The lowest BCUT2D eigenvalue weighted by Crippen LogP contribution is -2.41. The van der Waals surface area contributed by atoms with Crippen molar-refractivity contribution in [1.82, 2.24) is 4.98 Å². The number of alkyl halides is 3. The Kier molecular flexibility index (Phi) is 5.93. The van der Waals surface area contributed by atoms with Crippen LogP contribution < -0.4 is 9.62 Å². The van der Waals surface area contributed by atoms with Gasteiger partial charge in [-0.2, -0.15) is 13.2 Å². The summed E-state index contributed by atoms with van der Waals surface area (Å²) in [5, 5.41) is 0. The minimum Gasteiger partial charge on any atom is -0.434 e. The summed E-state index contributed by atoms with van der Waals surface area (Å²) < 4.78 is 71.7. The first-order valence-corrected chi connectivity index (χ1v) is 10.7. The van der Waals surface area contributed by atoms with E-state index in [0.717, 1.165) is 25.3 Å². The van der Waals surface area contributed by atoms with Gasteiger partial charge in [-0.05, 0) is 43.2 Å². The van der Waals surface area contributed by atoms with E-state index < -0.39 is 34.4 Å². The number of cyclic esters (lactones) is 1. The molecule has 162 valence electrons. The Hall–Kier alpha value is -2.82. The van der Waals surface area contributed by atoms with E-state index in [1.165, 1.54) is 30.5 Å². The van der Waals surface area contributed by atoms with E-state index in [1.807, 2.05) is 6.92 Å². The first-order chi connectivity index (χ1) is 14.0. The molecule has 1 saturated heterocycles. The van der Waals surface area contributed by atoms with Gasteiger partial charge in [0.15, 0.2) is 5.82 Å². The highest BCUT2D eigenvalue weighted by Gasteiger charge is 2.55. The van der Waals surface area contributed by atoms with Crippen LogP contribution in [0, 0.1) is 0 Å². The molecule has 30 heavy (non-hydrogen) atoms. The Labute approximate surface area is 171 Å². The van der Waals surface area contributed by atoms with Gasteiger partial charge in [-0.15, -0.1) is 0 Å². The highest BCUT2D eigenvalue weighted by molar-refractivity contribution is 7.92. The fourth-order valence-corrected chi connectivity index (χ4v) is 4.24. The molecule has 1 aromatic heterocycles. The van der Waals surface area contributed by atoms with Crippen LogP contribution in [0.1, 0.15) is 25.8 Å². The van der Waals surface area contributed by atoms with Crippen LogP contribution in [0.2, 0.25) is 0 Å². The quantitative estimate of drug-likeness (QED) is 0.726. The molecular weight excluding hydrogens is 423 g/mol. The molecule has 1 amide bonds. The number of hydrogen-bond acceptors (Lipinski definition) is 5. The lowest BCUT2D eigenvalue weighted by Gasteiger charge is -2.23. The molecule has 1 fully saturated rings. The number of carbonyl (C=O) groups excluding carboxylic acids is 1. The number of nitrogens with zero attached hydrogens (tertiary/aromatic N) is 2. The maximum atomic E-state index is 13.1. The minimum absolute atomic E-state index is 0.0256. The van der Waals surface area contributed by atoms with Crippen LogP contribution in [0.15, 0.2) is 47.5 Å². The maximum Gasteiger partial charge on any atom is 0.427 e. The zero-order valence-corrected chi connectivity index (χ0v) is 17.0. The van der Waals surface area contributed by atoms with Crippen LogP contribution in [0.4, 0.5) is 29.5 Å². The van der Waals surface area contributed by atoms with E-state index >= 15 is 0 Å². The lowest BCUT2D eigenvalue weighted by atomic mass is 10.1. The van der Waals surface area contributed by atoms with Crippen LogP contribution >= 0.6 is 0 Å². The number of halogens is 3. The number of nitrogens with one attached hydrogen (secondary N) is 1. The smallest absolute Gasteiger partial charge is 0.427 e. The van der Waals surface area contributed by atoms with Crippen molar-refractivity contribution < 1.29 is 31.1 Å². The fourth-order valence-electron chi connectivity index (χ4n) is 3.18. The molecule has 1 aliphatic rings. The highest BCUT2D eigenvalue weighted by Crippen LogP contribution is 2.37. The SMILES string of the molecule is CCCc1ccc(S(=O)(=O)Nc2cccnc2N2C(=O)O[C@H](C(F)(F)F)[C@H]2C)cc1. The van der Waals surface area contributed by atoms with Crippen molar-refractivity contribution in [3.63, 3.8) is 0 Å². The summed E-state index contributed by atoms with van der Waals surface area (Å²) in [6, 6.07) is 7.55. The topological polar surface area (TPSA) is 88.6 Å². The third-order valence-corrected chi connectivity index (χ3v) is 6.01. The second-order valence-corrected chi connectivity index (χ2v) is 8.51. The van der Waals surface area contributed by atoms with Crippen LogP contribution in [0.25, 0.3) is 0 Å². The van der Waals surface area contributed by atoms with Gasteiger partial charge in [0.1, 0.15) is 0 Å². The number of ether oxygens (including phenoxy) is 1. The number of benzene rings is 1. The van der Waals surface area contributed by atoms with Gasteiger partial charge in [0.25, 0.3) is 10.0 Å². The van der Waals surface area contributed by atoms with Gasteiger partial charge in [0, 0.05) is 6.20 Å². The first-order valence-electron chi connectivity index (χ1n) is 9.18. The maximum absolute atomic E-state index is 13.1. The Balaban J connectivity index is 1.91. The number of rotatable bonds is 6. The molecule has 1 aromatic carbocycles. The molecule has 0 saturated carbocycles. The molecule has 0 bridgehead atoms. The van der Waals surface area contributed by atoms with Gasteiger partial charge in [0.05, 0.1) is 16.6 Å². The fraction of sp³-hybridized carbons (Fsp3) is 0.368. The van der Waals surface area contributed by atoms with Crippen LogP contribution in [-0.4, -0.2) is 37.8 Å². The molecule has 0 aliphatic carbocycles. The lowest BCUT2D eigenvalue weighted by molar-refractivity contribution is -0.198. The monoisotopic (exact) mass is 443 g/mol. The van der Waals surface area contributed by atoms with Crippen molar-refractivity contribution in [2.75, 3.05) is 9.62 Å². The highest BCUT2D eigenvalue weighted by atomic mass is 32.2. The van der Waals surface area contributed by atoms with E-state index in [0.29, 0.717) is 4.90 Å². The van der Waals surface area contributed by atoms with E-state index in [2.05, 4.69) is 14.4 Å². The predicted molar refractivity (Wildman–Crippen MR) is 104 cm³/mol. The molecular formula is C19H20F3N3O4S. The van der Waals surface area contributed by atoms with Gasteiger partial charge >= 0.3 is 12.3 Å². The number of aromatic nitrogens is 1. The van der Waals surface area contributed by atoms with Gasteiger partial charge in [0.2, 0.25) is 6.10 Å². The molecule has 7 nitrogen and oxygen atoms in total. The number of hydrogen-bond donors (Lipinski definition) is 1. The van der Waals surface area contributed by atoms with E-state index in [9.17, 15) is 26.4 Å². The van der Waals surface area contributed by atoms with Gasteiger partial charge in [-0.3, -0.25) is 9.62 Å². The average Bonchev–Trinajstić information content (AvgIpc) is 2.97. The van der Waals surface area contributed by atoms with Gasteiger partial charge < -0.3 is 4.74 Å². The molecule has 0 unspecified atom stereocenters. The summed E-state index contributed by atoms with van der Waals surface area (Å²) in [7, 11) is -4.06. The molecule has 0 radical (unpaired) electrons. The number of amides is 1. The Bertz CT molecular complexity index is 1030. The molecule has 0 spiro atoms. The molecule has 2 heterocycles. The minimum atomic E-state index is -4.77. The number of aryl methyl sites for hydroxylation is 1. The summed E-state index contributed by atoms with van der Waals surface area (Å²) in [6.07, 6.45) is -5.41. The molecule has 2 atom stereocenters. The molecule has 1 N–H and O–H groups in total. The van der Waals surface area contributed by atoms with E-state index in [4.69, 9.17) is 0 Å². The predicted octanol–water partition coefficient (Wildman–Crippen LogP) is 4.11. The Morgan fingerprint density at radius 1 is 1.20 bits per heavy atom. The third kappa shape index (κ3) is 4.35. The largest absolute Gasteiger partial charge is 0.434 e. The number of carbonyl (C=O) groups is 1. The van der Waals surface area contributed by atoms with Gasteiger partial charge in [-0.25, -0.2) is 18.2 Å². The standard InChI is InChI=1S/C19H20F3N3O4S/c1-3-5-13-7-9-14(10-8-13)30(27,28)24-15-6-4-11-23-17(15)25-12(2)16(19(20,21)22)29-18(25)26/h4,6-12,16,24H,3,5H2,1-2H3/t12-,16+/m1/s1. The molecule has 2 aromatic rings. The summed E-state index contributed by atoms with van der Waals surface area (Å²) >= 11 is 0. The van der Waals surface area contributed by atoms with Crippen LogP contribution in [0.3, 0.4) is 0 Å². The summed E-state index contributed by atoms with van der Waals surface area (Å²) in [5.41, 5.74) is 0.840. The number of sulfonamides is 1. The number of pyridine rings is 1. The zero-order valence-electron chi connectivity index (χ0n) is 16.2. The zero-order chi connectivity index (χ0) is 22.1. The second-order valence-electron chi connectivity index (χ2n) is 6.83.